The number of amides is 1. The quantitative estimate of drug-likeness (QED) is 0.175. The van der Waals surface area contributed by atoms with Crippen LogP contribution >= 0.6 is 0 Å². The lowest BCUT2D eigenvalue weighted by Gasteiger charge is -2.29. The number of benzene rings is 2. The summed E-state index contributed by atoms with van der Waals surface area (Å²) in [5.41, 5.74) is 0.898. The Balaban J connectivity index is 1.66. The van der Waals surface area contributed by atoms with E-state index in [1.165, 1.54) is 43.3 Å². The molecule has 41 heavy (non-hydrogen) atoms. The molecule has 0 aliphatic carbocycles. The summed E-state index contributed by atoms with van der Waals surface area (Å²) in [4.78, 5) is 30.5. The molecule has 0 saturated carbocycles. The number of likely N-dealkylation sites (tertiary alicyclic amines) is 1. The van der Waals surface area contributed by atoms with Crippen LogP contribution in [-0.2, 0) is 24.3 Å². The van der Waals surface area contributed by atoms with Gasteiger partial charge in [0.1, 0.15) is 11.5 Å². The minimum atomic E-state index is -3.67. The zero-order valence-corrected chi connectivity index (χ0v) is 24.7. The lowest BCUT2D eigenvalue weighted by atomic mass is 9.95. The summed E-state index contributed by atoms with van der Waals surface area (Å²) < 4.78 is 37.3. The first-order valence-corrected chi connectivity index (χ1v) is 15.4. The molecular formula is C30H39N3O7S. The van der Waals surface area contributed by atoms with Gasteiger partial charge in [0.05, 0.1) is 36.3 Å². The molecule has 222 valence electrons. The van der Waals surface area contributed by atoms with E-state index in [4.69, 9.17) is 9.47 Å². The molecule has 2 aromatic carbocycles. The number of ether oxygens (including phenoxy) is 2. The third-order valence-electron chi connectivity index (χ3n) is 7.39. The highest BCUT2D eigenvalue weighted by Gasteiger charge is 2.45. The minimum Gasteiger partial charge on any atom is -0.507 e. The van der Waals surface area contributed by atoms with Gasteiger partial charge in [0.15, 0.2) is 0 Å². The van der Waals surface area contributed by atoms with E-state index in [0.717, 1.165) is 36.8 Å². The fourth-order valence-corrected chi connectivity index (χ4v) is 5.88. The van der Waals surface area contributed by atoms with E-state index < -0.39 is 27.8 Å². The van der Waals surface area contributed by atoms with Gasteiger partial charge in [-0.15, -0.1) is 0 Å². The first-order valence-electron chi connectivity index (χ1n) is 14.0. The molecule has 2 heterocycles. The highest BCUT2D eigenvalue weighted by molar-refractivity contribution is 7.89. The third-order valence-corrected chi connectivity index (χ3v) is 9.22. The standard InChI is InChI=1S/C30H39N3O7S/c1-4-5-19-40-24-11-7-22(8-12-24)27-26(28(34)23-9-13-25(14-10-23)41(37,38)31(2)3)29(35)30(36)33(27)16-6-15-32-17-20-39-21-18-32/h7-14,27,34H,4-6,15-21H2,1-3H3. The largest absolute Gasteiger partial charge is 0.507 e. The Hall–Kier alpha value is -3.25. The number of carbonyl (C=O) groups excluding carboxylic acids is 2. The molecule has 1 atom stereocenters. The molecule has 2 aliphatic heterocycles. The molecule has 0 radical (unpaired) electrons. The van der Waals surface area contributed by atoms with Gasteiger partial charge >= 0.3 is 0 Å². The summed E-state index contributed by atoms with van der Waals surface area (Å²) in [5.74, 6) is -1.11. The molecule has 11 heteroatoms. The molecule has 2 aromatic rings. The van der Waals surface area contributed by atoms with Crippen LogP contribution in [0.15, 0.2) is 59.0 Å². The van der Waals surface area contributed by atoms with Crippen LogP contribution in [0.3, 0.4) is 0 Å². The van der Waals surface area contributed by atoms with Crippen molar-refractivity contribution in [3.63, 3.8) is 0 Å². The van der Waals surface area contributed by atoms with E-state index in [1.54, 1.807) is 12.1 Å². The molecule has 2 fully saturated rings. The van der Waals surface area contributed by atoms with Crippen molar-refractivity contribution in [1.29, 1.82) is 0 Å². The molecule has 1 N–H and O–H groups in total. The average molecular weight is 586 g/mol. The van der Waals surface area contributed by atoms with Gasteiger partial charge in [-0.2, -0.15) is 0 Å². The third kappa shape index (κ3) is 6.98. The number of aliphatic hydroxyl groups excluding tert-OH is 1. The Bertz CT molecular complexity index is 1350. The summed E-state index contributed by atoms with van der Waals surface area (Å²) in [6.45, 7) is 6.75. The van der Waals surface area contributed by atoms with Crippen LogP contribution in [0.1, 0.15) is 43.4 Å². The van der Waals surface area contributed by atoms with Gasteiger partial charge in [0, 0.05) is 45.8 Å². The topological polar surface area (TPSA) is 117 Å². The maximum Gasteiger partial charge on any atom is 0.295 e. The maximum atomic E-state index is 13.4. The summed E-state index contributed by atoms with van der Waals surface area (Å²) >= 11 is 0. The van der Waals surface area contributed by atoms with Crippen molar-refractivity contribution in [3.8, 4) is 5.75 Å². The highest BCUT2D eigenvalue weighted by atomic mass is 32.2. The van der Waals surface area contributed by atoms with Crippen molar-refractivity contribution in [3.05, 3.63) is 65.2 Å². The second-order valence-corrected chi connectivity index (χ2v) is 12.5. The molecule has 2 aliphatic rings. The lowest BCUT2D eigenvalue weighted by Crippen LogP contribution is -2.38. The van der Waals surface area contributed by atoms with E-state index in [-0.39, 0.29) is 21.8 Å². The number of morpholine rings is 1. The molecule has 10 nitrogen and oxygen atoms in total. The van der Waals surface area contributed by atoms with Crippen molar-refractivity contribution >= 4 is 27.5 Å². The molecule has 0 spiro atoms. The van der Waals surface area contributed by atoms with Gasteiger partial charge < -0.3 is 19.5 Å². The van der Waals surface area contributed by atoms with E-state index in [1.807, 2.05) is 12.1 Å². The van der Waals surface area contributed by atoms with Crippen LogP contribution in [0.4, 0.5) is 0 Å². The zero-order chi connectivity index (χ0) is 29.6. The van der Waals surface area contributed by atoms with Crippen LogP contribution in [0, 0.1) is 0 Å². The number of unbranched alkanes of at least 4 members (excludes halogenated alkanes) is 1. The molecule has 1 unspecified atom stereocenters. The summed E-state index contributed by atoms with van der Waals surface area (Å²) in [7, 11) is -0.801. The first-order chi connectivity index (χ1) is 19.6. The van der Waals surface area contributed by atoms with Crippen LogP contribution in [0.25, 0.3) is 5.76 Å². The van der Waals surface area contributed by atoms with Crippen molar-refractivity contribution < 1.29 is 32.6 Å². The number of sulfonamides is 1. The number of hydrogen-bond acceptors (Lipinski definition) is 8. The predicted molar refractivity (Wildman–Crippen MR) is 155 cm³/mol. The van der Waals surface area contributed by atoms with Gasteiger partial charge in [-0.25, -0.2) is 12.7 Å². The van der Waals surface area contributed by atoms with E-state index >= 15 is 0 Å². The van der Waals surface area contributed by atoms with Gasteiger partial charge in [-0.1, -0.05) is 25.5 Å². The number of aliphatic hydroxyl groups is 1. The number of hydrogen-bond donors (Lipinski definition) is 1. The highest BCUT2D eigenvalue weighted by Crippen LogP contribution is 2.40. The molecule has 1 amide bonds. The van der Waals surface area contributed by atoms with Crippen LogP contribution in [0.2, 0.25) is 0 Å². The Morgan fingerprint density at radius 1 is 1.00 bits per heavy atom. The lowest BCUT2D eigenvalue weighted by molar-refractivity contribution is -0.140. The van der Waals surface area contributed by atoms with Crippen molar-refractivity contribution in [1.82, 2.24) is 14.1 Å². The second kappa shape index (κ2) is 13.6. The van der Waals surface area contributed by atoms with Gasteiger partial charge in [0.2, 0.25) is 10.0 Å². The van der Waals surface area contributed by atoms with Crippen molar-refractivity contribution in [2.45, 2.75) is 37.1 Å². The average Bonchev–Trinajstić information content (AvgIpc) is 3.23. The normalized spacial score (nSPS) is 19.7. The molecule has 2 saturated heterocycles. The molecule has 0 aromatic heterocycles. The number of nitrogens with zero attached hydrogens (tertiary/aromatic N) is 3. The number of ketones is 1. The maximum absolute atomic E-state index is 13.4. The zero-order valence-electron chi connectivity index (χ0n) is 23.9. The fourth-order valence-electron chi connectivity index (χ4n) is 4.98. The van der Waals surface area contributed by atoms with Gasteiger partial charge in [-0.3, -0.25) is 14.5 Å². The molecular weight excluding hydrogens is 546 g/mol. The van der Waals surface area contributed by atoms with E-state index in [9.17, 15) is 23.1 Å². The summed E-state index contributed by atoms with van der Waals surface area (Å²) in [6.07, 6.45) is 2.60. The van der Waals surface area contributed by atoms with Gasteiger partial charge in [0.25, 0.3) is 11.7 Å². The molecule has 0 bridgehead atoms. The van der Waals surface area contributed by atoms with E-state index in [0.29, 0.717) is 44.1 Å². The summed E-state index contributed by atoms with van der Waals surface area (Å²) in [5, 5.41) is 11.4. The van der Waals surface area contributed by atoms with Crippen LogP contribution in [0.5, 0.6) is 5.75 Å². The van der Waals surface area contributed by atoms with Crippen LogP contribution < -0.4 is 4.74 Å². The number of rotatable bonds is 12. The fraction of sp³-hybridized carbons (Fsp3) is 0.467. The molecule has 4 rings (SSSR count). The predicted octanol–water partition coefficient (Wildman–Crippen LogP) is 3.26. The smallest absolute Gasteiger partial charge is 0.295 e. The van der Waals surface area contributed by atoms with Gasteiger partial charge in [-0.05, 0) is 54.8 Å². The number of Topliss-reactive ketones (excluding diaryl/α,β-unsaturated/α-hetero) is 1. The van der Waals surface area contributed by atoms with E-state index in [2.05, 4.69) is 11.8 Å². The van der Waals surface area contributed by atoms with Crippen molar-refractivity contribution in [2.24, 2.45) is 0 Å². The Morgan fingerprint density at radius 3 is 2.27 bits per heavy atom. The Labute approximate surface area is 242 Å². The first kappa shape index (κ1) is 30.7. The SMILES string of the molecule is CCCCOc1ccc(C2C(=C(O)c3ccc(S(=O)(=O)N(C)C)cc3)C(=O)C(=O)N2CCCN2CCOCC2)cc1. The Morgan fingerprint density at radius 2 is 1.66 bits per heavy atom. The second-order valence-electron chi connectivity index (χ2n) is 10.4. The summed E-state index contributed by atoms with van der Waals surface area (Å²) in [6, 6.07) is 12.1. The van der Waals surface area contributed by atoms with Crippen LogP contribution in [-0.4, -0.2) is 99.4 Å². The Kier molecular flexibility index (Phi) is 10.2. The minimum absolute atomic E-state index is 0.0239. The van der Waals surface area contributed by atoms with Crippen molar-refractivity contribution in [2.75, 3.05) is 60.1 Å². The number of carbonyl (C=O) groups is 2. The monoisotopic (exact) mass is 585 g/mol.